The van der Waals surface area contributed by atoms with E-state index in [1.807, 2.05) is 76.2 Å². The number of likely N-dealkylation sites (tertiary alicyclic amines) is 1. The van der Waals surface area contributed by atoms with Gasteiger partial charge in [-0.15, -0.1) is 0 Å². The smallest absolute Gasteiger partial charge is 0.410 e. The molecule has 2 aromatic carbocycles. The maximum Gasteiger partial charge on any atom is 0.410 e. The van der Waals surface area contributed by atoms with Crippen LogP contribution in [0.2, 0.25) is 0 Å². The van der Waals surface area contributed by atoms with E-state index in [9.17, 15) is 13.2 Å². The van der Waals surface area contributed by atoms with Crippen LogP contribution in [0.4, 0.5) is 10.7 Å². The van der Waals surface area contributed by atoms with E-state index in [-0.39, 0.29) is 17.9 Å². The number of amides is 1. The number of hydrogen-bond donors (Lipinski definition) is 1. The van der Waals surface area contributed by atoms with Crippen molar-refractivity contribution in [1.82, 2.24) is 24.2 Å². The van der Waals surface area contributed by atoms with Crippen LogP contribution < -0.4 is 10.1 Å². The highest BCUT2D eigenvalue weighted by atomic mass is 32.2. The van der Waals surface area contributed by atoms with E-state index in [2.05, 4.69) is 15.3 Å². The van der Waals surface area contributed by atoms with E-state index in [0.29, 0.717) is 55.0 Å². The van der Waals surface area contributed by atoms with Crippen molar-refractivity contribution < 1.29 is 22.7 Å². The highest BCUT2D eigenvalue weighted by molar-refractivity contribution is 7.88. The van der Waals surface area contributed by atoms with Gasteiger partial charge >= 0.3 is 6.09 Å². The van der Waals surface area contributed by atoms with Gasteiger partial charge in [-0.3, -0.25) is 0 Å². The van der Waals surface area contributed by atoms with E-state index < -0.39 is 15.6 Å². The Morgan fingerprint density at radius 1 is 0.938 bits per heavy atom. The number of carbonyl (C=O) groups excluding carboxylic acids is 1. The molecule has 4 heterocycles. The Morgan fingerprint density at radius 3 is 2.54 bits per heavy atom. The molecule has 0 saturated carbocycles. The average molecular weight is 673 g/mol. The number of nitrogens with one attached hydrogen (secondary N) is 1. The molecule has 0 unspecified atom stereocenters. The molecule has 2 fully saturated rings. The number of ether oxygens (including phenoxy) is 2. The summed E-state index contributed by atoms with van der Waals surface area (Å²) < 4.78 is 40.4. The molecule has 4 aromatic rings. The van der Waals surface area contributed by atoms with Crippen molar-refractivity contribution in [3.63, 3.8) is 0 Å². The minimum Gasteiger partial charge on any atom is -0.444 e. The number of sulfonamides is 1. The molecule has 2 aliphatic rings. The van der Waals surface area contributed by atoms with Crippen LogP contribution in [0.25, 0.3) is 22.0 Å². The lowest BCUT2D eigenvalue weighted by Gasteiger charge is -2.34. The normalized spacial score (nSPS) is 17.7. The lowest BCUT2D eigenvalue weighted by molar-refractivity contribution is 0.0206. The van der Waals surface area contributed by atoms with Crippen molar-refractivity contribution in [2.24, 2.45) is 0 Å². The summed E-state index contributed by atoms with van der Waals surface area (Å²) in [5, 5.41) is 5.05. The lowest BCUT2D eigenvalue weighted by Crippen LogP contribution is -2.47. The zero-order valence-corrected chi connectivity index (χ0v) is 28.9. The Balaban J connectivity index is 1.24. The van der Waals surface area contributed by atoms with Crippen LogP contribution in [0.15, 0.2) is 60.9 Å². The fourth-order valence-corrected chi connectivity index (χ4v) is 7.95. The fraction of sp³-hybridized carbons (Fsp3) is 0.444. The van der Waals surface area contributed by atoms with Gasteiger partial charge in [0, 0.05) is 50.0 Å². The molecule has 2 aliphatic heterocycles. The quantitative estimate of drug-likeness (QED) is 0.212. The van der Waals surface area contributed by atoms with Gasteiger partial charge in [-0.25, -0.2) is 32.5 Å². The van der Waals surface area contributed by atoms with Gasteiger partial charge in [0.15, 0.2) is 0 Å². The SMILES string of the molecule is Cc1ccc2c(CS(=O)(=O)N3CCCCC3)cccc2c1Oc1ncccc1-c1ccnc(N[C@H]2CCCN(C(=O)OC(C)(C)C)C2)n1. The molecule has 0 radical (unpaired) electrons. The van der Waals surface area contributed by atoms with Crippen LogP contribution in [0.5, 0.6) is 11.6 Å². The second kappa shape index (κ2) is 14.1. The van der Waals surface area contributed by atoms with Crippen LogP contribution in [0, 0.1) is 6.92 Å². The first-order valence-corrected chi connectivity index (χ1v) is 18.3. The summed E-state index contributed by atoms with van der Waals surface area (Å²) >= 11 is 0. The standard InChI is InChI=1S/C36H44N6O5S/c1-25-15-16-28-26(24-48(44,45)42-21-6-5-7-22-42)11-8-13-29(28)32(25)46-33-30(14-9-18-37-33)31-17-19-38-34(40-31)39-27-12-10-20-41(23-27)35(43)47-36(2,3)4/h8-9,11,13-19,27H,5-7,10,12,20-24H2,1-4H3,(H,38,39,40)/t27-/m0/s1. The molecule has 1 N–H and O–H groups in total. The number of nitrogens with zero attached hydrogens (tertiary/aromatic N) is 5. The predicted octanol–water partition coefficient (Wildman–Crippen LogP) is 6.92. The fourth-order valence-electron chi connectivity index (χ4n) is 6.31. The molecule has 12 heteroatoms. The van der Waals surface area contributed by atoms with Crippen LogP contribution in [-0.2, 0) is 20.5 Å². The molecule has 6 rings (SSSR count). The molecule has 2 saturated heterocycles. The highest BCUT2D eigenvalue weighted by Gasteiger charge is 2.29. The maximum atomic E-state index is 13.3. The first kappa shape index (κ1) is 33.6. The van der Waals surface area contributed by atoms with Gasteiger partial charge in [0.05, 0.1) is 17.0 Å². The predicted molar refractivity (Wildman–Crippen MR) is 187 cm³/mol. The van der Waals surface area contributed by atoms with Gasteiger partial charge < -0.3 is 19.7 Å². The van der Waals surface area contributed by atoms with E-state index >= 15 is 0 Å². The van der Waals surface area contributed by atoms with Crippen molar-refractivity contribution in [3.05, 3.63) is 72.1 Å². The minimum absolute atomic E-state index is 0.0302. The summed E-state index contributed by atoms with van der Waals surface area (Å²) in [6, 6.07) is 15.1. The zero-order valence-electron chi connectivity index (χ0n) is 28.1. The second-order valence-electron chi connectivity index (χ2n) is 13.6. The summed E-state index contributed by atoms with van der Waals surface area (Å²) in [5.74, 6) is 1.37. The Bertz CT molecular complexity index is 1890. The topological polar surface area (TPSA) is 127 Å². The van der Waals surface area contributed by atoms with Gasteiger partial charge in [-0.1, -0.05) is 36.8 Å². The van der Waals surface area contributed by atoms with Gasteiger partial charge in [0.1, 0.15) is 11.4 Å². The second-order valence-corrected chi connectivity index (χ2v) is 15.5. The number of pyridine rings is 1. The van der Waals surface area contributed by atoms with E-state index in [1.165, 1.54) is 0 Å². The van der Waals surface area contributed by atoms with Crippen LogP contribution in [0.3, 0.4) is 0 Å². The number of aryl methyl sites for hydroxylation is 1. The van der Waals surface area contributed by atoms with E-state index in [4.69, 9.17) is 14.5 Å². The number of hydrogen-bond acceptors (Lipinski definition) is 9. The summed E-state index contributed by atoms with van der Waals surface area (Å²) in [6.45, 7) is 9.85. The number of fused-ring (bicyclic) bond motifs is 1. The number of rotatable bonds is 8. The van der Waals surface area contributed by atoms with E-state index in [0.717, 1.165) is 54.0 Å². The molecule has 0 bridgehead atoms. The molecular formula is C36H44N6O5S. The highest BCUT2D eigenvalue weighted by Crippen LogP contribution is 2.38. The van der Waals surface area contributed by atoms with Crippen molar-refractivity contribution in [2.75, 3.05) is 31.5 Å². The van der Waals surface area contributed by atoms with Crippen LogP contribution >= 0.6 is 0 Å². The number of aromatic nitrogens is 3. The van der Waals surface area contributed by atoms with Crippen LogP contribution in [-0.4, -0.2) is 76.5 Å². The summed E-state index contributed by atoms with van der Waals surface area (Å²) in [4.78, 5) is 28.3. The van der Waals surface area contributed by atoms with Crippen molar-refractivity contribution >= 4 is 32.8 Å². The van der Waals surface area contributed by atoms with Crippen molar-refractivity contribution in [1.29, 1.82) is 0 Å². The molecule has 254 valence electrons. The minimum atomic E-state index is -3.45. The monoisotopic (exact) mass is 672 g/mol. The maximum absolute atomic E-state index is 13.3. The third-order valence-electron chi connectivity index (χ3n) is 8.65. The average Bonchev–Trinajstić information content (AvgIpc) is 3.06. The zero-order chi connectivity index (χ0) is 33.9. The Hall–Kier alpha value is -4.29. The van der Waals surface area contributed by atoms with Gasteiger partial charge in [0.25, 0.3) is 0 Å². The molecule has 1 atom stereocenters. The third-order valence-corrected chi connectivity index (χ3v) is 10.5. The molecule has 11 nitrogen and oxygen atoms in total. The Labute approximate surface area is 282 Å². The van der Waals surface area contributed by atoms with Crippen molar-refractivity contribution in [2.45, 2.75) is 77.2 Å². The summed E-state index contributed by atoms with van der Waals surface area (Å²) in [5.41, 5.74) is 2.39. The molecule has 1 amide bonds. The molecular weight excluding hydrogens is 629 g/mol. The molecule has 0 aliphatic carbocycles. The Morgan fingerprint density at radius 2 is 1.75 bits per heavy atom. The summed E-state index contributed by atoms with van der Waals surface area (Å²) in [6.07, 6.45) is 7.62. The largest absolute Gasteiger partial charge is 0.444 e. The number of piperidine rings is 2. The number of carbonyl (C=O) groups is 1. The first-order chi connectivity index (χ1) is 23.0. The number of benzene rings is 2. The van der Waals surface area contributed by atoms with Gasteiger partial charge in [-0.2, -0.15) is 0 Å². The Kier molecular flexibility index (Phi) is 9.84. The summed E-state index contributed by atoms with van der Waals surface area (Å²) in [7, 11) is -3.45. The number of anilines is 1. The molecule has 2 aromatic heterocycles. The van der Waals surface area contributed by atoms with Crippen molar-refractivity contribution in [3.8, 4) is 22.9 Å². The van der Waals surface area contributed by atoms with Crippen LogP contribution in [0.1, 0.15) is 64.0 Å². The molecule has 48 heavy (non-hydrogen) atoms. The molecule has 0 spiro atoms. The third kappa shape index (κ3) is 7.87. The van der Waals surface area contributed by atoms with Gasteiger partial charge in [0.2, 0.25) is 21.9 Å². The lowest BCUT2D eigenvalue weighted by atomic mass is 10.0. The van der Waals surface area contributed by atoms with Gasteiger partial charge in [-0.05, 0) is 88.1 Å². The first-order valence-electron chi connectivity index (χ1n) is 16.7. The van der Waals surface area contributed by atoms with E-state index in [1.54, 1.807) is 21.6 Å².